The standard InChI is InChI=1S/C17H19NO4S2/c1-18(24(19,20)16-3-2-10-23-16)7-4-14-13-6-9-21-15(13)11-12-5-8-22-17(12)14/h2-3,10-11H,4-9H2,1H3. The summed E-state index contributed by atoms with van der Waals surface area (Å²) < 4.78 is 38.5. The van der Waals surface area contributed by atoms with Gasteiger partial charge in [-0.25, -0.2) is 8.42 Å². The van der Waals surface area contributed by atoms with E-state index in [1.807, 2.05) is 0 Å². The normalized spacial score (nSPS) is 15.9. The molecule has 0 unspecified atom stereocenters. The Morgan fingerprint density at radius 2 is 2.08 bits per heavy atom. The Morgan fingerprint density at radius 1 is 1.25 bits per heavy atom. The van der Waals surface area contributed by atoms with E-state index in [1.165, 1.54) is 26.8 Å². The van der Waals surface area contributed by atoms with Crippen molar-refractivity contribution in [3.63, 3.8) is 0 Å². The Labute approximate surface area is 145 Å². The van der Waals surface area contributed by atoms with Crippen molar-refractivity contribution < 1.29 is 17.9 Å². The van der Waals surface area contributed by atoms with Crippen LogP contribution in [0.25, 0.3) is 0 Å². The SMILES string of the molecule is CN(CCc1c2c(cc3c1OCC3)OCC2)S(=O)(=O)c1cccs1. The van der Waals surface area contributed by atoms with E-state index in [2.05, 4.69) is 6.07 Å². The zero-order valence-corrected chi connectivity index (χ0v) is 15.1. The molecule has 0 radical (unpaired) electrons. The van der Waals surface area contributed by atoms with Gasteiger partial charge in [-0.2, -0.15) is 4.31 Å². The van der Waals surface area contributed by atoms with Crippen LogP contribution in [-0.4, -0.2) is 39.5 Å². The van der Waals surface area contributed by atoms with Crippen molar-refractivity contribution in [3.05, 3.63) is 40.3 Å². The second-order valence-electron chi connectivity index (χ2n) is 6.03. The third kappa shape index (κ3) is 2.60. The third-order valence-electron chi connectivity index (χ3n) is 4.60. The molecule has 0 saturated heterocycles. The molecule has 2 aromatic rings. The number of rotatable bonds is 5. The molecular formula is C17H19NO4S2. The van der Waals surface area contributed by atoms with Crippen LogP contribution in [0.15, 0.2) is 27.8 Å². The molecule has 0 bridgehead atoms. The Balaban J connectivity index is 1.59. The average Bonchev–Trinajstić information content (AvgIpc) is 3.30. The number of hydrogen-bond acceptors (Lipinski definition) is 5. The van der Waals surface area contributed by atoms with Crippen molar-refractivity contribution in [1.82, 2.24) is 4.31 Å². The average molecular weight is 365 g/mol. The van der Waals surface area contributed by atoms with Gasteiger partial charge in [-0.15, -0.1) is 11.3 Å². The largest absolute Gasteiger partial charge is 0.493 e. The highest BCUT2D eigenvalue weighted by molar-refractivity contribution is 7.91. The lowest BCUT2D eigenvalue weighted by molar-refractivity contribution is 0.351. The zero-order chi connectivity index (χ0) is 16.7. The predicted molar refractivity (Wildman–Crippen MR) is 92.7 cm³/mol. The maximum absolute atomic E-state index is 12.6. The van der Waals surface area contributed by atoms with Gasteiger partial charge in [0, 0.05) is 43.1 Å². The molecule has 128 valence electrons. The van der Waals surface area contributed by atoms with E-state index in [4.69, 9.17) is 9.47 Å². The van der Waals surface area contributed by atoms with Crippen LogP contribution >= 0.6 is 11.3 Å². The first-order valence-corrected chi connectivity index (χ1v) is 10.3. The second-order valence-corrected chi connectivity index (χ2v) is 9.25. The number of hydrogen-bond donors (Lipinski definition) is 0. The van der Waals surface area contributed by atoms with Gasteiger partial charge in [0.05, 0.1) is 13.2 Å². The van der Waals surface area contributed by atoms with E-state index in [0.717, 1.165) is 29.9 Å². The monoisotopic (exact) mass is 365 g/mol. The third-order valence-corrected chi connectivity index (χ3v) is 7.83. The van der Waals surface area contributed by atoms with Gasteiger partial charge in [0.15, 0.2) is 0 Å². The van der Waals surface area contributed by atoms with Crippen LogP contribution in [0, 0.1) is 0 Å². The Morgan fingerprint density at radius 3 is 2.88 bits per heavy atom. The number of likely N-dealkylation sites (N-methyl/N-ethyl adjacent to an activating group) is 1. The van der Waals surface area contributed by atoms with Crippen molar-refractivity contribution in [1.29, 1.82) is 0 Å². The van der Waals surface area contributed by atoms with Crippen LogP contribution in [0.4, 0.5) is 0 Å². The number of sulfonamides is 1. The summed E-state index contributed by atoms with van der Waals surface area (Å²) in [6.07, 6.45) is 2.39. The molecule has 1 aromatic heterocycles. The highest BCUT2D eigenvalue weighted by atomic mass is 32.2. The van der Waals surface area contributed by atoms with E-state index in [-0.39, 0.29) is 0 Å². The summed E-state index contributed by atoms with van der Waals surface area (Å²) in [7, 11) is -1.78. The van der Waals surface area contributed by atoms with Gasteiger partial charge < -0.3 is 9.47 Å². The van der Waals surface area contributed by atoms with Gasteiger partial charge in [0.2, 0.25) is 0 Å². The molecule has 0 fully saturated rings. The number of benzene rings is 1. The molecule has 0 atom stereocenters. The molecule has 0 spiro atoms. The molecule has 2 aliphatic heterocycles. The molecule has 2 aliphatic rings. The molecular weight excluding hydrogens is 346 g/mol. The summed E-state index contributed by atoms with van der Waals surface area (Å²) in [5.74, 6) is 1.89. The molecule has 4 rings (SSSR count). The molecule has 3 heterocycles. The van der Waals surface area contributed by atoms with Gasteiger partial charge in [-0.3, -0.25) is 0 Å². The zero-order valence-electron chi connectivity index (χ0n) is 13.4. The van der Waals surface area contributed by atoms with Crippen molar-refractivity contribution in [3.8, 4) is 11.5 Å². The summed E-state index contributed by atoms with van der Waals surface area (Å²) >= 11 is 1.25. The van der Waals surface area contributed by atoms with Crippen molar-refractivity contribution in [2.45, 2.75) is 23.5 Å². The summed E-state index contributed by atoms with van der Waals surface area (Å²) in [6.45, 7) is 1.80. The van der Waals surface area contributed by atoms with Gasteiger partial charge in [-0.05, 0) is 23.9 Å². The van der Waals surface area contributed by atoms with Gasteiger partial charge >= 0.3 is 0 Å². The highest BCUT2D eigenvalue weighted by Crippen LogP contribution is 2.41. The lowest BCUT2D eigenvalue weighted by Gasteiger charge is -2.18. The molecule has 1 aromatic carbocycles. The molecule has 7 heteroatoms. The Kier molecular flexibility index (Phi) is 4.02. The first kappa shape index (κ1) is 15.9. The fourth-order valence-electron chi connectivity index (χ4n) is 3.30. The molecule has 0 saturated carbocycles. The summed E-state index contributed by atoms with van der Waals surface area (Å²) in [5, 5.41) is 1.78. The highest BCUT2D eigenvalue weighted by Gasteiger charge is 2.28. The van der Waals surface area contributed by atoms with Crippen LogP contribution in [-0.2, 0) is 29.3 Å². The first-order chi connectivity index (χ1) is 11.6. The topological polar surface area (TPSA) is 55.8 Å². The fraction of sp³-hybridized carbons (Fsp3) is 0.412. The van der Waals surface area contributed by atoms with E-state index in [1.54, 1.807) is 24.6 Å². The van der Waals surface area contributed by atoms with Crippen LogP contribution in [0.5, 0.6) is 11.5 Å². The maximum Gasteiger partial charge on any atom is 0.252 e. The molecule has 0 aliphatic carbocycles. The molecule has 0 N–H and O–H groups in total. The second kappa shape index (κ2) is 6.06. The maximum atomic E-state index is 12.6. The number of thiophene rings is 1. The van der Waals surface area contributed by atoms with Crippen LogP contribution in [0.2, 0.25) is 0 Å². The first-order valence-electron chi connectivity index (χ1n) is 8.00. The number of fused-ring (bicyclic) bond motifs is 2. The minimum atomic E-state index is -3.41. The van der Waals surface area contributed by atoms with E-state index in [0.29, 0.717) is 30.4 Å². The Bertz CT molecular complexity index is 827. The van der Waals surface area contributed by atoms with Crippen LogP contribution < -0.4 is 9.47 Å². The predicted octanol–water partition coefficient (Wildman–Crippen LogP) is 2.48. The van der Waals surface area contributed by atoms with Crippen molar-refractivity contribution in [2.75, 3.05) is 26.8 Å². The lowest BCUT2D eigenvalue weighted by Crippen LogP contribution is -2.28. The molecule has 0 amide bonds. The van der Waals surface area contributed by atoms with Crippen molar-refractivity contribution >= 4 is 21.4 Å². The summed E-state index contributed by atoms with van der Waals surface area (Å²) in [4.78, 5) is 0. The molecule has 5 nitrogen and oxygen atoms in total. The van der Waals surface area contributed by atoms with Crippen LogP contribution in [0.1, 0.15) is 16.7 Å². The van der Waals surface area contributed by atoms with E-state index in [9.17, 15) is 8.42 Å². The van der Waals surface area contributed by atoms with Gasteiger partial charge in [-0.1, -0.05) is 6.07 Å². The van der Waals surface area contributed by atoms with E-state index >= 15 is 0 Å². The van der Waals surface area contributed by atoms with Gasteiger partial charge in [0.1, 0.15) is 15.7 Å². The Hall–Kier alpha value is -1.57. The minimum Gasteiger partial charge on any atom is -0.493 e. The number of ether oxygens (including phenoxy) is 2. The molecule has 24 heavy (non-hydrogen) atoms. The number of nitrogens with zero attached hydrogens (tertiary/aromatic N) is 1. The van der Waals surface area contributed by atoms with Crippen LogP contribution in [0.3, 0.4) is 0 Å². The smallest absolute Gasteiger partial charge is 0.252 e. The fourth-order valence-corrected chi connectivity index (χ4v) is 5.68. The summed E-state index contributed by atoms with van der Waals surface area (Å²) in [5.41, 5.74) is 3.47. The lowest BCUT2D eigenvalue weighted by atomic mass is 9.97. The van der Waals surface area contributed by atoms with Gasteiger partial charge in [0.25, 0.3) is 10.0 Å². The van der Waals surface area contributed by atoms with Crippen molar-refractivity contribution in [2.24, 2.45) is 0 Å². The van der Waals surface area contributed by atoms with E-state index < -0.39 is 10.0 Å². The minimum absolute atomic E-state index is 0.383. The quantitative estimate of drug-likeness (QED) is 0.817. The summed E-state index contributed by atoms with van der Waals surface area (Å²) in [6, 6.07) is 5.49.